The van der Waals surface area contributed by atoms with Crippen LogP contribution in [-0.2, 0) is 29.5 Å². The maximum absolute atomic E-state index is 13.8. The standard InChI is InChI=1S/C23H29N5O6S2/c1-15-5-9-17(10-6-15)35(29,30)26-19-14-28(36(31,32)18-11-7-16(2)8-12-18)20(13-25-27-24)22-21(19)33-23(3,4)34-22/h5-12,19-22,26H,13-14H2,1-4H3/t19-,20?,21+,22+/m0/s1. The fraction of sp³-hybridized carbons (Fsp3) is 0.478. The van der Waals surface area contributed by atoms with E-state index in [0.717, 1.165) is 15.4 Å². The van der Waals surface area contributed by atoms with Gasteiger partial charge in [0.05, 0.1) is 21.9 Å². The van der Waals surface area contributed by atoms with Crippen LogP contribution < -0.4 is 4.72 Å². The van der Waals surface area contributed by atoms with Crippen molar-refractivity contribution in [3.8, 4) is 0 Å². The van der Waals surface area contributed by atoms with Gasteiger partial charge in [0.15, 0.2) is 5.79 Å². The van der Waals surface area contributed by atoms with E-state index in [4.69, 9.17) is 15.0 Å². The number of aryl methyl sites for hydroxylation is 2. The molecule has 2 fully saturated rings. The van der Waals surface area contributed by atoms with Crippen LogP contribution in [0.5, 0.6) is 0 Å². The Hall–Kier alpha value is -2.51. The molecule has 0 radical (unpaired) electrons. The summed E-state index contributed by atoms with van der Waals surface area (Å²) in [7, 11) is -8.13. The third-order valence-corrected chi connectivity index (χ3v) is 9.69. The number of hydrogen-bond acceptors (Lipinski definition) is 7. The van der Waals surface area contributed by atoms with Crippen molar-refractivity contribution >= 4 is 20.0 Å². The minimum absolute atomic E-state index is 0.0378. The van der Waals surface area contributed by atoms with Crippen LogP contribution in [0.1, 0.15) is 25.0 Å². The first-order valence-corrected chi connectivity index (χ1v) is 14.3. The quantitative estimate of drug-likeness (QED) is 0.327. The van der Waals surface area contributed by atoms with Gasteiger partial charge in [-0.2, -0.15) is 4.31 Å². The molecule has 1 N–H and O–H groups in total. The molecule has 2 aromatic carbocycles. The maximum atomic E-state index is 13.8. The predicted octanol–water partition coefficient (Wildman–Crippen LogP) is 2.85. The molecule has 0 bridgehead atoms. The molecule has 2 aliphatic heterocycles. The molecule has 0 spiro atoms. The first kappa shape index (κ1) is 26.6. The molecular weight excluding hydrogens is 506 g/mol. The van der Waals surface area contributed by atoms with E-state index in [9.17, 15) is 16.8 Å². The lowest BCUT2D eigenvalue weighted by Gasteiger charge is -2.43. The number of fused-ring (bicyclic) bond motifs is 1. The minimum Gasteiger partial charge on any atom is -0.343 e. The molecule has 1 unspecified atom stereocenters. The second-order valence-corrected chi connectivity index (χ2v) is 13.1. The van der Waals surface area contributed by atoms with Crippen LogP contribution in [0.2, 0.25) is 0 Å². The Morgan fingerprint density at radius 3 is 2.06 bits per heavy atom. The lowest BCUT2D eigenvalue weighted by molar-refractivity contribution is -0.148. The van der Waals surface area contributed by atoms with E-state index in [1.54, 1.807) is 38.1 Å². The van der Waals surface area contributed by atoms with Crippen molar-refractivity contribution in [3.05, 3.63) is 70.1 Å². The van der Waals surface area contributed by atoms with Gasteiger partial charge in [-0.15, -0.1) is 0 Å². The number of nitrogens with zero attached hydrogens (tertiary/aromatic N) is 4. The highest BCUT2D eigenvalue weighted by atomic mass is 32.2. The van der Waals surface area contributed by atoms with Crippen LogP contribution >= 0.6 is 0 Å². The summed E-state index contributed by atoms with van der Waals surface area (Å²) in [6, 6.07) is 10.8. The zero-order valence-electron chi connectivity index (χ0n) is 20.4. The fourth-order valence-electron chi connectivity index (χ4n) is 4.55. The summed E-state index contributed by atoms with van der Waals surface area (Å²) in [5.74, 6) is -1.11. The normalized spacial score (nSPS) is 26.2. The largest absolute Gasteiger partial charge is 0.343 e. The molecule has 2 heterocycles. The van der Waals surface area contributed by atoms with E-state index in [1.807, 2.05) is 13.8 Å². The summed E-state index contributed by atoms with van der Waals surface area (Å²) in [6.45, 7) is 6.57. The lowest BCUT2D eigenvalue weighted by Crippen LogP contribution is -2.66. The van der Waals surface area contributed by atoms with Crippen molar-refractivity contribution in [2.45, 2.75) is 67.6 Å². The van der Waals surface area contributed by atoms with Gasteiger partial charge in [-0.3, -0.25) is 0 Å². The van der Waals surface area contributed by atoms with Crippen molar-refractivity contribution < 1.29 is 26.3 Å². The molecular formula is C23H29N5O6S2. The molecule has 0 aromatic heterocycles. The Kier molecular flexibility index (Phi) is 7.19. The molecule has 2 saturated heterocycles. The average Bonchev–Trinajstić information content (AvgIpc) is 3.14. The third-order valence-electron chi connectivity index (χ3n) is 6.28. The molecule has 11 nitrogen and oxygen atoms in total. The van der Waals surface area contributed by atoms with Crippen molar-refractivity contribution in [1.29, 1.82) is 0 Å². The highest BCUT2D eigenvalue weighted by Gasteiger charge is 2.56. The summed E-state index contributed by atoms with van der Waals surface area (Å²) < 4.78 is 69.9. The molecule has 2 aromatic rings. The third kappa shape index (κ3) is 5.28. The highest BCUT2D eigenvalue weighted by Crippen LogP contribution is 2.39. The van der Waals surface area contributed by atoms with Gasteiger partial charge in [-0.1, -0.05) is 40.5 Å². The summed E-state index contributed by atoms with van der Waals surface area (Å²) >= 11 is 0. The lowest BCUT2D eigenvalue weighted by atomic mass is 9.95. The molecule has 0 saturated carbocycles. The number of benzene rings is 2. The number of azide groups is 1. The SMILES string of the molecule is Cc1ccc(S(=O)(=O)N[C@H]2CN(S(=O)(=O)c3ccc(C)cc3)C(CN=[N+]=[N-])[C@H]3OC(C)(C)O[C@H]23)cc1. The number of rotatable bonds is 7. The minimum atomic E-state index is -4.11. The molecule has 4 rings (SSSR count). The van der Waals surface area contributed by atoms with E-state index in [1.165, 1.54) is 24.3 Å². The van der Waals surface area contributed by atoms with E-state index < -0.39 is 50.1 Å². The van der Waals surface area contributed by atoms with Gasteiger partial charge >= 0.3 is 0 Å². The van der Waals surface area contributed by atoms with Gasteiger partial charge in [0, 0.05) is 18.0 Å². The van der Waals surface area contributed by atoms with Crippen molar-refractivity contribution in [2.75, 3.05) is 13.1 Å². The summed E-state index contributed by atoms with van der Waals surface area (Å²) in [5.41, 5.74) is 10.7. The van der Waals surface area contributed by atoms with Crippen LogP contribution in [0.4, 0.5) is 0 Å². The van der Waals surface area contributed by atoms with Crippen LogP contribution in [0.15, 0.2) is 63.4 Å². The monoisotopic (exact) mass is 535 g/mol. The van der Waals surface area contributed by atoms with Crippen LogP contribution in [0.25, 0.3) is 10.4 Å². The average molecular weight is 536 g/mol. The van der Waals surface area contributed by atoms with Crippen LogP contribution in [0.3, 0.4) is 0 Å². The van der Waals surface area contributed by atoms with Crippen molar-refractivity contribution in [3.63, 3.8) is 0 Å². The summed E-state index contributed by atoms with van der Waals surface area (Å²) in [6.07, 6.45) is -1.70. The topological polar surface area (TPSA) is 151 Å². The first-order valence-electron chi connectivity index (χ1n) is 11.4. The van der Waals surface area contributed by atoms with Gasteiger partial charge in [0.25, 0.3) is 0 Å². The second kappa shape index (κ2) is 9.75. The molecule has 2 aliphatic rings. The molecule has 194 valence electrons. The van der Waals surface area contributed by atoms with E-state index in [2.05, 4.69) is 14.7 Å². The van der Waals surface area contributed by atoms with Crippen LogP contribution in [-0.4, -0.2) is 64.3 Å². The van der Waals surface area contributed by atoms with Gasteiger partial charge in [0.2, 0.25) is 20.0 Å². The molecule has 4 atom stereocenters. The fourth-order valence-corrected chi connectivity index (χ4v) is 7.44. The van der Waals surface area contributed by atoms with Crippen molar-refractivity contribution in [1.82, 2.24) is 9.03 Å². The second-order valence-electron chi connectivity index (χ2n) is 9.47. The number of hydrogen-bond donors (Lipinski definition) is 1. The highest BCUT2D eigenvalue weighted by molar-refractivity contribution is 7.89. The Morgan fingerprint density at radius 1 is 0.972 bits per heavy atom. The van der Waals surface area contributed by atoms with Gasteiger partial charge < -0.3 is 9.47 Å². The smallest absolute Gasteiger partial charge is 0.243 e. The van der Waals surface area contributed by atoms with Crippen molar-refractivity contribution in [2.24, 2.45) is 5.11 Å². The van der Waals surface area contributed by atoms with Gasteiger partial charge in [-0.25, -0.2) is 21.6 Å². The Balaban J connectivity index is 1.76. The first-order chi connectivity index (χ1) is 16.8. The Morgan fingerprint density at radius 2 is 1.50 bits per heavy atom. The zero-order valence-corrected chi connectivity index (χ0v) is 22.0. The number of sulfonamides is 2. The van der Waals surface area contributed by atoms with E-state index in [-0.39, 0.29) is 22.9 Å². The summed E-state index contributed by atoms with van der Waals surface area (Å²) in [4.78, 5) is 2.89. The number of nitrogens with one attached hydrogen (secondary N) is 1. The Bertz CT molecular complexity index is 1370. The zero-order chi connectivity index (χ0) is 26.3. The van der Waals surface area contributed by atoms with Gasteiger partial charge in [0.1, 0.15) is 12.2 Å². The van der Waals surface area contributed by atoms with Gasteiger partial charge in [-0.05, 0) is 57.5 Å². The number of ether oxygens (including phenoxy) is 2. The Labute approximate surface area is 211 Å². The van der Waals surface area contributed by atoms with E-state index >= 15 is 0 Å². The molecule has 0 aliphatic carbocycles. The predicted molar refractivity (Wildman–Crippen MR) is 132 cm³/mol. The molecule has 36 heavy (non-hydrogen) atoms. The number of piperidine rings is 1. The molecule has 0 amide bonds. The molecule has 13 heteroatoms. The van der Waals surface area contributed by atoms with Crippen LogP contribution in [0, 0.1) is 13.8 Å². The van der Waals surface area contributed by atoms with E-state index in [0.29, 0.717) is 0 Å². The maximum Gasteiger partial charge on any atom is 0.243 e. The summed E-state index contributed by atoms with van der Waals surface area (Å²) in [5, 5.41) is 3.63.